The van der Waals surface area contributed by atoms with Gasteiger partial charge in [0, 0.05) is 19.2 Å². The molecule has 21 heavy (non-hydrogen) atoms. The molecule has 1 aromatic carbocycles. The van der Waals surface area contributed by atoms with Gasteiger partial charge >= 0.3 is 0 Å². The first kappa shape index (κ1) is 15.3. The van der Waals surface area contributed by atoms with Crippen molar-refractivity contribution in [3.63, 3.8) is 0 Å². The van der Waals surface area contributed by atoms with Gasteiger partial charge in [-0.05, 0) is 24.6 Å². The molecule has 1 aliphatic heterocycles. The molecule has 5 N–H and O–H groups in total. The van der Waals surface area contributed by atoms with Gasteiger partial charge in [-0.1, -0.05) is 0 Å². The Kier molecular flexibility index (Phi) is 3.88. The first-order valence-electron chi connectivity index (χ1n) is 6.19. The van der Waals surface area contributed by atoms with Gasteiger partial charge in [-0.25, -0.2) is 13.6 Å². The number of piperidine rings is 1. The number of amides is 2. The summed E-state index contributed by atoms with van der Waals surface area (Å²) in [6.45, 7) is 0. The van der Waals surface area contributed by atoms with Crippen LogP contribution in [0.15, 0.2) is 23.1 Å². The number of benzene rings is 1. The average Bonchev–Trinajstić information content (AvgIpc) is 2.40. The van der Waals surface area contributed by atoms with E-state index in [1.54, 1.807) is 0 Å². The summed E-state index contributed by atoms with van der Waals surface area (Å²) in [7, 11) is -2.59. The maximum Gasteiger partial charge on any atom is 0.251 e. The quantitative estimate of drug-likeness (QED) is 0.507. The summed E-state index contributed by atoms with van der Waals surface area (Å²) in [6, 6.07) is 3.48. The van der Waals surface area contributed by atoms with Crippen molar-refractivity contribution in [2.75, 3.05) is 18.1 Å². The number of nitrogens with two attached hydrogens (primary N) is 2. The van der Waals surface area contributed by atoms with Crippen molar-refractivity contribution in [2.24, 2.45) is 5.14 Å². The van der Waals surface area contributed by atoms with E-state index in [1.807, 2.05) is 0 Å². The first-order valence-corrected chi connectivity index (χ1v) is 7.74. The lowest BCUT2D eigenvalue weighted by Crippen LogP contribution is -2.48. The predicted molar refractivity (Wildman–Crippen MR) is 76.6 cm³/mol. The number of nitrogens with zero attached hydrogens (tertiary/aromatic N) is 1. The molecular weight excluding hydrogens is 296 g/mol. The minimum atomic E-state index is -3.98. The van der Waals surface area contributed by atoms with Crippen LogP contribution in [0.4, 0.5) is 11.4 Å². The van der Waals surface area contributed by atoms with E-state index < -0.39 is 22.0 Å². The molecule has 1 unspecified atom stereocenters. The van der Waals surface area contributed by atoms with Crippen molar-refractivity contribution in [3.8, 4) is 0 Å². The van der Waals surface area contributed by atoms with Gasteiger partial charge in [0.15, 0.2) is 0 Å². The second kappa shape index (κ2) is 5.34. The van der Waals surface area contributed by atoms with E-state index in [1.165, 1.54) is 25.2 Å². The number of nitrogen functional groups attached to an aromatic ring is 1. The predicted octanol–water partition coefficient (Wildman–Crippen LogP) is -0.524. The largest absolute Gasteiger partial charge is 0.399 e. The monoisotopic (exact) mass is 312 g/mol. The normalized spacial score (nSPS) is 19.7. The van der Waals surface area contributed by atoms with Gasteiger partial charge < -0.3 is 11.1 Å². The van der Waals surface area contributed by atoms with Crippen LogP contribution in [0.25, 0.3) is 0 Å². The standard InChI is InChI=1S/C12H16N4O4S/c1-16-11(17)5-4-9(12(16)18)15-8-3-2-7(13)6-10(8)21(14,19)20/h2-3,6,9,15H,4-5,13H2,1H3,(H2,14,19,20). The van der Waals surface area contributed by atoms with Gasteiger partial charge in [-0.2, -0.15) is 0 Å². The molecule has 9 heteroatoms. The molecular formula is C12H16N4O4S. The molecule has 1 heterocycles. The zero-order chi connectivity index (χ0) is 15.8. The maximum atomic E-state index is 12.0. The summed E-state index contributed by atoms with van der Waals surface area (Å²) in [5.74, 6) is -0.675. The van der Waals surface area contributed by atoms with E-state index in [2.05, 4.69) is 5.32 Å². The fraction of sp³-hybridized carbons (Fsp3) is 0.333. The van der Waals surface area contributed by atoms with Crippen LogP contribution < -0.4 is 16.2 Å². The smallest absolute Gasteiger partial charge is 0.251 e. The Labute approximate surface area is 122 Å². The third-order valence-electron chi connectivity index (χ3n) is 3.29. The van der Waals surface area contributed by atoms with Crippen molar-refractivity contribution in [3.05, 3.63) is 18.2 Å². The minimum Gasteiger partial charge on any atom is -0.399 e. The highest BCUT2D eigenvalue weighted by Crippen LogP contribution is 2.25. The van der Waals surface area contributed by atoms with Gasteiger partial charge in [0.2, 0.25) is 15.9 Å². The average molecular weight is 312 g/mol. The van der Waals surface area contributed by atoms with Gasteiger partial charge in [0.25, 0.3) is 5.91 Å². The summed E-state index contributed by atoms with van der Waals surface area (Å²) < 4.78 is 23.2. The molecule has 8 nitrogen and oxygen atoms in total. The molecule has 0 aromatic heterocycles. The Morgan fingerprint density at radius 3 is 2.62 bits per heavy atom. The highest BCUT2D eigenvalue weighted by molar-refractivity contribution is 7.89. The summed E-state index contributed by atoms with van der Waals surface area (Å²) in [6.07, 6.45) is 0.496. The number of rotatable bonds is 3. The number of hydrogen-bond acceptors (Lipinski definition) is 6. The van der Waals surface area contributed by atoms with Crippen molar-refractivity contribution in [1.29, 1.82) is 0 Å². The van der Waals surface area contributed by atoms with Crippen molar-refractivity contribution in [2.45, 2.75) is 23.8 Å². The molecule has 0 saturated carbocycles. The topological polar surface area (TPSA) is 136 Å². The van der Waals surface area contributed by atoms with E-state index in [-0.39, 0.29) is 35.0 Å². The molecule has 2 amide bonds. The van der Waals surface area contributed by atoms with Crippen LogP contribution in [0, 0.1) is 0 Å². The van der Waals surface area contributed by atoms with E-state index in [0.717, 1.165) is 4.90 Å². The van der Waals surface area contributed by atoms with Crippen LogP contribution in [0.5, 0.6) is 0 Å². The number of nitrogens with one attached hydrogen (secondary N) is 1. The van der Waals surface area contributed by atoms with Crippen molar-refractivity contribution < 1.29 is 18.0 Å². The SMILES string of the molecule is CN1C(=O)CCC(Nc2ccc(N)cc2S(N)(=O)=O)C1=O. The molecule has 0 aliphatic carbocycles. The summed E-state index contributed by atoms with van der Waals surface area (Å²) >= 11 is 0. The molecule has 1 aromatic rings. The van der Waals surface area contributed by atoms with Gasteiger partial charge in [0.1, 0.15) is 10.9 Å². The summed E-state index contributed by atoms with van der Waals surface area (Å²) in [5, 5.41) is 7.97. The number of primary sulfonamides is 1. The number of carbonyl (C=O) groups excluding carboxylic acids is 2. The molecule has 1 saturated heterocycles. The van der Waals surface area contributed by atoms with Crippen LogP contribution in [-0.4, -0.2) is 38.2 Å². The molecule has 1 aliphatic rings. The second-order valence-electron chi connectivity index (χ2n) is 4.83. The Balaban J connectivity index is 2.32. The highest BCUT2D eigenvalue weighted by Gasteiger charge is 2.32. The van der Waals surface area contributed by atoms with E-state index in [0.29, 0.717) is 0 Å². The second-order valence-corrected chi connectivity index (χ2v) is 6.36. The Hall–Kier alpha value is -2.13. The molecule has 1 atom stereocenters. The molecule has 2 rings (SSSR count). The first-order chi connectivity index (χ1) is 9.70. The fourth-order valence-electron chi connectivity index (χ4n) is 2.13. The fourth-order valence-corrected chi connectivity index (χ4v) is 2.86. The highest BCUT2D eigenvalue weighted by atomic mass is 32.2. The van der Waals surface area contributed by atoms with E-state index >= 15 is 0 Å². The lowest BCUT2D eigenvalue weighted by molar-refractivity contribution is -0.146. The van der Waals surface area contributed by atoms with E-state index in [9.17, 15) is 18.0 Å². The number of sulfonamides is 1. The number of likely N-dealkylation sites (N-methyl/N-ethyl adjacent to an activating group) is 1. The molecule has 0 radical (unpaired) electrons. The van der Waals surface area contributed by atoms with Crippen LogP contribution in [0.2, 0.25) is 0 Å². The third-order valence-corrected chi connectivity index (χ3v) is 4.24. The Morgan fingerprint density at radius 2 is 2.00 bits per heavy atom. The number of anilines is 2. The van der Waals surface area contributed by atoms with Crippen LogP contribution in [-0.2, 0) is 19.6 Å². The lowest BCUT2D eigenvalue weighted by atomic mass is 10.0. The summed E-state index contributed by atoms with van der Waals surface area (Å²) in [4.78, 5) is 24.3. The molecule has 0 spiro atoms. The maximum absolute atomic E-state index is 12.0. The van der Waals surface area contributed by atoms with E-state index in [4.69, 9.17) is 10.9 Å². The third kappa shape index (κ3) is 3.14. The van der Waals surface area contributed by atoms with Crippen LogP contribution in [0.1, 0.15) is 12.8 Å². The van der Waals surface area contributed by atoms with Gasteiger partial charge in [-0.3, -0.25) is 14.5 Å². The number of carbonyl (C=O) groups is 2. The summed E-state index contributed by atoms with van der Waals surface area (Å²) in [5.41, 5.74) is 5.99. The molecule has 1 fully saturated rings. The van der Waals surface area contributed by atoms with Crippen LogP contribution in [0.3, 0.4) is 0 Å². The molecule has 0 bridgehead atoms. The number of hydrogen-bond donors (Lipinski definition) is 3. The lowest BCUT2D eigenvalue weighted by Gasteiger charge is -2.29. The number of likely N-dealkylation sites (tertiary alicyclic amines) is 1. The van der Waals surface area contributed by atoms with Crippen LogP contribution >= 0.6 is 0 Å². The Bertz CT molecular complexity index is 701. The van der Waals surface area contributed by atoms with Crippen molar-refractivity contribution >= 4 is 33.2 Å². The minimum absolute atomic E-state index is 0.185. The number of imide groups is 1. The zero-order valence-electron chi connectivity index (χ0n) is 11.4. The molecule has 114 valence electrons. The van der Waals surface area contributed by atoms with Gasteiger partial charge in [0.05, 0.1) is 5.69 Å². The zero-order valence-corrected chi connectivity index (χ0v) is 12.2. The Morgan fingerprint density at radius 1 is 1.33 bits per heavy atom. The van der Waals surface area contributed by atoms with Gasteiger partial charge in [-0.15, -0.1) is 0 Å². The van der Waals surface area contributed by atoms with Crippen molar-refractivity contribution in [1.82, 2.24) is 4.90 Å².